The molecule has 5 rings (SSSR count). The Morgan fingerprint density at radius 2 is 1.87 bits per heavy atom. The summed E-state index contributed by atoms with van der Waals surface area (Å²) in [5.74, 6) is 0.855. The Kier molecular flexibility index (Phi) is 5.69. The fraction of sp³-hybridized carbons (Fsp3) is 0.208. The highest BCUT2D eigenvalue weighted by molar-refractivity contribution is 7.99. The molecule has 6 nitrogen and oxygen atoms in total. The Morgan fingerprint density at radius 3 is 2.71 bits per heavy atom. The molecule has 31 heavy (non-hydrogen) atoms. The Bertz CT molecular complexity index is 1130. The van der Waals surface area contributed by atoms with Gasteiger partial charge in [-0.05, 0) is 36.4 Å². The van der Waals surface area contributed by atoms with Crippen molar-refractivity contribution in [3.05, 3.63) is 83.7 Å². The molecule has 0 radical (unpaired) electrons. The first-order valence-electron chi connectivity index (χ1n) is 10.4. The smallest absolute Gasteiger partial charge is 0.251 e. The monoisotopic (exact) mass is 429 g/mol. The molecule has 0 atom stereocenters. The molecule has 1 aromatic heterocycles. The molecule has 3 heterocycles. The molecule has 2 aromatic carbocycles. The summed E-state index contributed by atoms with van der Waals surface area (Å²) >= 11 is 1.70. The van der Waals surface area contributed by atoms with Gasteiger partial charge in [0.05, 0.1) is 17.9 Å². The summed E-state index contributed by atoms with van der Waals surface area (Å²) < 4.78 is 0. The summed E-state index contributed by atoms with van der Waals surface area (Å²) in [5.41, 5.74) is 3.41. The molecule has 0 bridgehead atoms. The molecule has 156 valence electrons. The molecular formula is C24H23N5OS. The van der Waals surface area contributed by atoms with Crippen LogP contribution in [0.1, 0.15) is 21.6 Å². The summed E-state index contributed by atoms with van der Waals surface area (Å²) in [6.07, 6.45) is 1.73. The molecule has 0 aliphatic carbocycles. The third-order valence-corrected chi connectivity index (χ3v) is 6.51. The second-order valence-electron chi connectivity index (χ2n) is 7.46. The number of fused-ring (bicyclic) bond motifs is 2. The van der Waals surface area contributed by atoms with Crippen LogP contribution in [0.5, 0.6) is 0 Å². The van der Waals surface area contributed by atoms with Gasteiger partial charge in [0.2, 0.25) is 0 Å². The molecule has 1 saturated heterocycles. The standard InChI is InChI=1S/C24H23N5OS/c30-24(27-16-18-5-3-4-10-26-18)17-8-9-22-20(15-17)28-23(29-13-11-25-12-14-29)19-6-1-2-7-21(19)31-22/h1-10,15,25H,11-14,16H2,(H,27,30). The van der Waals surface area contributed by atoms with E-state index >= 15 is 0 Å². The maximum atomic E-state index is 12.8. The first kappa shape index (κ1) is 19.8. The number of aliphatic imine (C=N–C) groups is 1. The summed E-state index contributed by atoms with van der Waals surface area (Å²) in [6, 6.07) is 19.8. The molecular weight excluding hydrogens is 406 g/mol. The Labute approximate surface area is 185 Å². The number of rotatable bonds is 3. The summed E-state index contributed by atoms with van der Waals surface area (Å²) in [5, 5.41) is 6.36. The van der Waals surface area contributed by atoms with Gasteiger partial charge in [-0.3, -0.25) is 9.78 Å². The van der Waals surface area contributed by atoms with E-state index < -0.39 is 0 Å². The van der Waals surface area contributed by atoms with E-state index in [0.29, 0.717) is 12.1 Å². The zero-order chi connectivity index (χ0) is 21.0. The first-order valence-corrected chi connectivity index (χ1v) is 11.2. The van der Waals surface area contributed by atoms with Gasteiger partial charge in [0.15, 0.2) is 0 Å². The van der Waals surface area contributed by atoms with Gasteiger partial charge in [-0.1, -0.05) is 36.0 Å². The number of hydrogen-bond acceptors (Lipinski definition) is 6. The van der Waals surface area contributed by atoms with E-state index in [2.05, 4.69) is 44.8 Å². The van der Waals surface area contributed by atoms with Crippen molar-refractivity contribution in [3.63, 3.8) is 0 Å². The van der Waals surface area contributed by atoms with E-state index in [9.17, 15) is 4.79 Å². The van der Waals surface area contributed by atoms with Crippen LogP contribution < -0.4 is 10.6 Å². The SMILES string of the molecule is O=C(NCc1ccccn1)c1ccc2c(c1)N=C(N1CCNCC1)c1ccccc1S2. The van der Waals surface area contributed by atoms with Crippen molar-refractivity contribution < 1.29 is 4.79 Å². The van der Waals surface area contributed by atoms with Gasteiger partial charge in [-0.15, -0.1) is 0 Å². The van der Waals surface area contributed by atoms with Crippen LogP contribution in [0.2, 0.25) is 0 Å². The number of aromatic nitrogens is 1. The Balaban J connectivity index is 1.46. The molecule has 2 aliphatic rings. The van der Waals surface area contributed by atoms with Crippen LogP contribution >= 0.6 is 11.8 Å². The fourth-order valence-electron chi connectivity index (χ4n) is 3.76. The van der Waals surface area contributed by atoms with Crippen LogP contribution in [0, 0.1) is 0 Å². The average molecular weight is 430 g/mol. The summed E-state index contributed by atoms with van der Waals surface area (Å²) in [7, 11) is 0. The number of piperazine rings is 1. The van der Waals surface area contributed by atoms with Crippen molar-refractivity contribution in [3.8, 4) is 0 Å². The second-order valence-corrected chi connectivity index (χ2v) is 8.54. The third-order valence-electron chi connectivity index (χ3n) is 5.37. The number of nitrogens with one attached hydrogen (secondary N) is 2. The lowest BCUT2D eigenvalue weighted by Gasteiger charge is -2.30. The van der Waals surface area contributed by atoms with Crippen molar-refractivity contribution in [1.29, 1.82) is 0 Å². The highest BCUT2D eigenvalue weighted by Gasteiger charge is 2.23. The molecule has 2 N–H and O–H groups in total. The number of pyridine rings is 1. The lowest BCUT2D eigenvalue weighted by atomic mass is 10.1. The number of carbonyl (C=O) groups is 1. The van der Waals surface area contributed by atoms with Crippen LogP contribution in [0.3, 0.4) is 0 Å². The number of carbonyl (C=O) groups excluding carboxylic acids is 1. The maximum absolute atomic E-state index is 12.8. The topological polar surface area (TPSA) is 69.6 Å². The molecule has 7 heteroatoms. The minimum Gasteiger partial charge on any atom is -0.354 e. The molecule has 0 unspecified atom stereocenters. The minimum atomic E-state index is -0.126. The third kappa shape index (κ3) is 4.33. The lowest BCUT2D eigenvalue weighted by Crippen LogP contribution is -2.46. The van der Waals surface area contributed by atoms with Gasteiger partial charge in [-0.25, -0.2) is 4.99 Å². The van der Waals surface area contributed by atoms with E-state index in [-0.39, 0.29) is 5.91 Å². The quantitative estimate of drug-likeness (QED) is 0.667. The first-order chi connectivity index (χ1) is 15.3. The zero-order valence-corrected chi connectivity index (χ0v) is 17.9. The fourth-order valence-corrected chi connectivity index (χ4v) is 4.76. The van der Waals surface area contributed by atoms with Gasteiger partial charge in [-0.2, -0.15) is 0 Å². The van der Waals surface area contributed by atoms with Crippen LogP contribution in [-0.2, 0) is 6.54 Å². The zero-order valence-electron chi connectivity index (χ0n) is 17.0. The summed E-state index contributed by atoms with van der Waals surface area (Å²) in [4.78, 5) is 26.7. The predicted octanol–water partition coefficient (Wildman–Crippen LogP) is 3.46. The van der Waals surface area contributed by atoms with Crippen LogP contribution in [-0.4, -0.2) is 47.8 Å². The molecule has 0 spiro atoms. The van der Waals surface area contributed by atoms with Crippen LogP contribution in [0.15, 0.2) is 81.6 Å². The number of benzene rings is 2. The van der Waals surface area contributed by atoms with Gasteiger partial charge < -0.3 is 15.5 Å². The van der Waals surface area contributed by atoms with Gasteiger partial charge in [0, 0.05) is 53.3 Å². The van der Waals surface area contributed by atoms with Crippen molar-refractivity contribution >= 4 is 29.2 Å². The highest BCUT2D eigenvalue weighted by Crippen LogP contribution is 2.41. The highest BCUT2D eigenvalue weighted by atomic mass is 32.2. The van der Waals surface area contributed by atoms with E-state index in [4.69, 9.17) is 4.99 Å². The van der Waals surface area contributed by atoms with Crippen molar-refractivity contribution in [2.45, 2.75) is 16.3 Å². The lowest BCUT2D eigenvalue weighted by molar-refractivity contribution is 0.0950. The molecule has 0 saturated carbocycles. The number of nitrogens with zero attached hydrogens (tertiary/aromatic N) is 3. The number of amidine groups is 1. The minimum absolute atomic E-state index is 0.126. The van der Waals surface area contributed by atoms with E-state index in [1.165, 1.54) is 4.90 Å². The van der Waals surface area contributed by atoms with Crippen molar-refractivity contribution in [2.75, 3.05) is 26.2 Å². The molecule has 1 amide bonds. The predicted molar refractivity (Wildman–Crippen MR) is 123 cm³/mol. The van der Waals surface area contributed by atoms with Crippen LogP contribution in [0.4, 0.5) is 5.69 Å². The Hall–Kier alpha value is -3.16. The van der Waals surface area contributed by atoms with Crippen molar-refractivity contribution in [1.82, 2.24) is 20.5 Å². The Morgan fingerprint density at radius 1 is 1.03 bits per heavy atom. The van der Waals surface area contributed by atoms with Gasteiger partial charge >= 0.3 is 0 Å². The largest absolute Gasteiger partial charge is 0.354 e. The van der Waals surface area contributed by atoms with Crippen molar-refractivity contribution in [2.24, 2.45) is 4.99 Å². The van der Waals surface area contributed by atoms with Crippen LogP contribution in [0.25, 0.3) is 0 Å². The van der Waals surface area contributed by atoms with E-state index in [1.807, 2.05) is 36.4 Å². The van der Waals surface area contributed by atoms with E-state index in [0.717, 1.165) is 53.9 Å². The van der Waals surface area contributed by atoms with Gasteiger partial charge in [0.1, 0.15) is 5.84 Å². The molecule has 3 aromatic rings. The second kappa shape index (κ2) is 8.91. The molecule has 1 fully saturated rings. The average Bonchev–Trinajstić information content (AvgIpc) is 3.00. The number of hydrogen-bond donors (Lipinski definition) is 2. The van der Waals surface area contributed by atoms with Gasteiger partial charge in [0.25, 0.3) is 5.91 Å². The summed E-state index contributed by atoms with van der Waals surface area (Å²) in [6.45, 7) is 4.11. The molecule has 2 aliphatic heterocycles. The maximum Gasteiger partial charge on any atom is 0.251 e. The van der Waals surface area contributed by atoms with E-state index in [1.54, 1.807) is 18.0 Å². The normalized spacial score (nSPS) is 15.4. The number of amides is 1.